The van der Waals surface area contributed by atoms with Gasteiger partial charge in [-0.3, -0.25) is 0 Å². The third-order valence-electron chi connectivity index (χ3n) is 5.73. The molecular weight excluding hydrogens is 436 g/mol. The fraction of sp³-hybridized carbons (Fsp3) is 0.107. The standard InChI is InChI=1S/C28H21ClO4/c1-2-15-32-28(22-9-11-23(29)12-10-22)24(17-19-6-4-3-5-7-19)26(27(30)33-28)21-8-13-25-20(18-21)14-16-31-25/h2-14,16,18H,1,15,17H2. The minimum absolute atomic E-state index is 0.197. The number of hydrogen-bond acceptors (Lipinski definition) is 4. The Kier molecular flexibility index (Phi) is 5.63. The van der Waals surface area contributed by atoms with Gasteiger partial charge >= 0.3 is 5.97 Å². The molecule has 1 atom stereocenters. The van der Waals surface area contributed by atoms with E-state index in [1.165, 1.54) is 0 Å². The highest BCUT2D eigenvalue weighted by Crippen LogP contribution is 2.47. The van der Waals surface area contributed by atoms with E-state index in [2.05, 4.69) is 6.58 Å². The predicted molar refractivity (Wildman–Crippen MR) is 129 cm³/mol. The van der Waals surface area contributed by atoms with Gasteiger partial charge in [0.2, 0.25) is 0 Å². The van der Waals surface area contributed by atoms with Gasteiger partial charge in [-0.05, 0) is 41.5 Å². The first-order chi connectivity index (χ1) is 16.1. The number of carbonyl (C=O) groups is 1. The van der Waals surface area contributed by atoms with E-state index in [-0.39, 0.29) is 6.61 Å². The molecule has 4 nitrogen and oxygen atoms in total. The molecule has 0 amide bonds. The maximum atomic E-state index is 13.4. The molecule has 1 aliphatic heterocycles. The second-order valence-corrected chi connectivity index (χ2v) is 8.24. The quantitative estimate of drug-likeness (QED) is 0.229. The van der Waals surface area contributed by atoms with E-state index in [0.717, 1.165) is 27.7 Å². The Bertz CT molecular complexity index is 1350. The van der Waals surface area contributed by atoms with E-state index >= 15 is 0 Å². The Hall–Kier alpha value is -3.60. The summed E-state index contributed by atoms with van der Waals surface area (Å²) in [5.74, 6) is -1.84. The average molecular weight is 457 g/mol. The molecule has 1 unspecified atom stereocenters. The molecule has 0 N–H and O–H groups in total. The van der Waals surface area contributed by atoms with Crippen LogP contribution in [0, 0.1) is 0 Å². The van der Waals surface area contributed by atoms with Crippen LogP contribution in [0.2, 0.25) is 5.02 Å². The SMILES string of the molecule is C=CCOC1(c2ccc(Cl)cc2)OC(=O)C(c2ccc3occc3c2)=C1Cc1ccccc1. The van der Waals surface area contributed by atoms with Gasteiger partial charge in [-0.2, -0.15) is 0 Å². The van der Waals surface area contributed by atoms with Gasteiger partial charge in [-0.15, -0.1) is 6.58 Å². The molecule has 4 aromatic rings. The number of carbonyl (C=O) groups excluding carboxylic acids is 1. The van der Waals surface area contributed by atoms with Crippen molar-refractivity contribution in [2.75, 3.05) is 6.61 Å². The smallest absolute Gasteiger partial charge is 0.342 e. The summed E-state index contributed by atoms with van der Waals surface area (Å²) in [6, 6.07) is 24.7. The minimum Gasteiger partial charge on any atom is -0.464 e. The largest absolute Gasteiger partial charge is 0.464 e. The number of cyclic esters (lactones) is 1. The Balaban J connectivity index is 1.75. The van der Waals surface area contributed by atoms with Crippen LogP contribution in [0.15, 0.2) is 108 Å². The van der Waals surface area contributed by atoms with Gasteiger partial charge < -0.3 is 13.9 Å². The maximum Gasteiger partial charge on any atom is 0.342 e. The second-order valence-electron chi connectivity index (χ2n) is 7.80. The zero-order chi connectivity index (χ0) is 22.8. The number of ether oxygens (including phenoxy) is 2. The van der Waals surface area contributed by atoms with Gasteiger partial charge in [0.15, 0.2) is 0 Å². The fourth-order valence-corrected chi connectivity index (χ4v) is 4.35. The van der Waals surface area contributed by atoms with Gasteiger partial charge in [0, 0.05) is 28.0 Å². The topological polar surface area (TPSA) is 48.7 Å². The highest BCUT2D eigenvalue weighted by Gasteiger charge is 2.50. The Morgan fingerprint density at radius 3 is 2.55 bits per heavy atom. The molecule has 0 radical (unpaired) electrons. The molecule has 0 saturated heterocycles. The summed E-state index contributed by atoms with van der Waals surface area (Å²) in [4.78, 5) is 13.4. The fourth-order valence-electron chi connectivity index (χ4n) is 4.23. The highest BCUT2D eigenvalue weighted by molar-refractivity contribution is 6.30. The van der Waals surface area contributed by atoms with Crippen molar-refractivity contribution >= 4 is 34.1 Å². The lowest BCUT2D eigenvalue weighted by atomic mass is 9.87. The molecule has 1 aromatic heterocycles. The van der Waals surface area contributed by atoms with Gasteiger partial charge in [0.1, 0.15) is 5.58 Å². The van der Waals surface area contributed by atoms with Crippen LogP contribution in [0.1, 0.15) is 16.7 Å². The number of fused-ring (bicyclic) bond motifs is 1. The van der Waals surface area contributed by atoms with Gasteiger partial charge in [-0.1, -0.05) is 66.2 Å². The van der Waals surface area contributed by atoms with Crippen molar-refractivity contribution in [1.29, 1.82) is 0 Å². The third kappa shape index (κ3) is 3.88. The highest BCUT2D eigenvalue weighted by atomic mass is 35.5. The van der Waals surface area contributed by atoms with Gasteiger partial charge in [0.05, 0.1) is 18.4 Å². The van der Waals surface area contributed by atoms with Crippen molar-refractivity contribution in [3.63, 3.8) is 0 Å². The number of halogens is 1. The van der Waals surface area contributed by atoms with Gasteiger partial charge in [0.25, 0.3) is 5.79 Å². The van der Waals surface area contributed by atoms with Crippen LogP contribution in [0.4, 0.5) is 0 Å². The zero-order valence-corrected chi connectivity index (χ0v) is 18.5. The molecule has 0 saturated carbocycles. The van der Waals surface area contributed by atoms with Crippen LogP contribution in [-0.2, 0) is 26.5 Å². The summed E-state index contributed by atoms with van der Waals surface area (Å²) < 4.78 is 17.8. The first-order valence-corrected chi connectivity index (χ1v) is 11.0. The van der Waals surface area contributed by atoms with Gasteiger partial charge in [-0.25, -0.2) is 4.79 Å². The van der Waals surface area contributed by atoms with E-state index in [9.17, 15) is 4.79 Å². The maximum absolute atomic E-state index is 13.4. The van der Waals surface area contributed by atoms with E-state index < -0.39 is 11.8 Å². The summed E-state index contributed by atoms with van der Waals surface area (Å²) in [7, 11) is 0. The van der Waals surface area contributed by atoms with Crippen molar-refractivity contribution in [2.24, 2.45) is 0 Å². The molecular formula is C28H21ClO4. The van der Waals surface area contributed by atoms with Crippen LogP contribution in [-0.4, -0.2) is 12.6 Å². The van der Waals surface area contributed by atoms with E-state index in [1.807, 2.05) is 66.7 Å². The Morgan fingerprint density at radius 2 is 1.79 bits per heavy atom. The number of benzene rings is 3. The molecule has 1 aliphatic rings. The van der Waals surface area contributed by atoms with Crippen molar-refractivity contribution in [2.45, 2.75) is 12.2 Å². The Labute approximate surface area is 196 Å². The van der Waals surface area contributed by atoms with Crippen LogP contribution >= 0.6 is 11.6 Å². The molecule has 33 heavy (non-hydrogen) atoms. The van der Waals surface area contributed by atoms with E-state index in [4.69, 9.17) is 25.5 Å². The third-order valence-corrected chi connectivity index (χ3v) is 5.99. The first kappa shape index (κ1) is 21.3. The number of rotatable bonds is 7. The lowest BCUT2D eigenvalue weighted by Gasteiger charge is -2.31. The molecule has 3 aromatic carbocycles. The normalized spacial score (nSPS) is 18.0. The number of esters is 1. The molecule has 0 bridgehead atoms. The Morgan fingerprint density at radius 1 is 1.00 bits per heavy atom. The minimum atomic E-state index is -1.40. The van der Waals surface area contributed by atoms with Crippen molar-refractivity contribution < 1.29 is 18.7 Å². The number of hydrogen-bond donors (Lipinski definition) is 0. The summed E-state index contributed by atoms with van der Waals surface area (Å²) >= 11 is 6.15. The van der Waals surface area contributed by atoms with Crippen LogP contribution in [0.25, 0.3) is 16.5 Å². The van der Waals surface area contributed by atoms with Crippen LogP contribution in [0.5, 0.6) is 0 Å². The molecule has 5 rings (SSSR count). The molecule has 0 spiro atoms. The first-order valence-electron chi connectivity index (χ1n) is 10.6. The van der Waals surface area contributed by atoms with Crippen molar-refractivity contribution in [3.05, 3.63) is 125 Å². The summed E-state index contributed by atoms with van der Waals surface area (Å²) in [5.41, 5.74) is 4.44. The van der Waals surface area contributed by atoms with Crippen molar-refractivity contribution in [1.82, 2.24) is 0 Å². The molecule has 5 heteroatoms. The monoisotopic (exact) mass is 456 g/mol. The lowest BCUT2D eigenvalue weighted by Crippen LogP contribution is -2.34. The second kappa shape index (κ2) is 8.74. The summed E-state index contributed by atoms with van der Waals surface area (Å²) in [6.45, 7) is 3.98. The van der Waals surface area contributed by atoms with E-state index in [0.29, 0.717) is 22.6 Å². The summed E-state index contributed by atoms with van der Waals surface area (Å²) in [5, 5.41) is 1.49. The molecule has 2 heterocycles. The van der Waals surface area contributed by atoms with E-state index in [1.54, 1.807) is 24.5 Å². The van der Waals surface area contributed by atoms with Crippen LogP contribution < -0.4 is 0 Å². The molecule has 0 fully saturated rings. The summed E-state index contributed by atoms with van der Waals surface area (Å²) in [6.07, 6.45) is 3.73. The molecule has 0 aliphatic carbocycles. The van der Waals surface area contributed by atoms with Crippen molar-refractivity contribution in [3.8, 4) is 0 Å². The molecule has 164 valence electrons. The average Bonchev–Trinajstić information content (AvgIpc) is 3.41. The van der Waals surface area contributed by atoms with Crippen LogP contribution in [0.3, 0.4) is 0 Å². The zero-order valence-electron chi connectivity index (χ0n) is 17.8. The number of furan rings is 1. The predicted octanol–water partition coefficient (Wildman–Crippen LogP) is 6.69. The lowest BCUT2D eigenvalue weighted by molar-refractivity contribution is -0.203.